The Labute approximate surface area is 213 Å². The van der Waals surface area contributed by atoms with Crippen LogP contribution in [0.5, 0.6) is 5.75 Å². The third kappa shape index (κ3) is 3.00. The van der Waals surface area contributed by atoms with Crippen molar-refractivity contribution in [2.75, 3.05) is 12.0 Å². The van der Waals surface area contributed by atoms with E-state index < -0.39 is 0 Å². The molecule has 0 saturated carbocycles. The average molecular weight is 505 g/mol. The summed E-state index contributed by atoms with van der Waals surface area (Å²) in [6.07, 6.45) is 3.36. The van der Waals surface area contributed by atoms with E-state index in [9.17, 15) is 4.79 Å². The number of carbonyl (C=O) groups is 1. The second-order valence-electron chi connectivity index (χ2n) is 9.11. The highest BCUT2D eigenvalue weighted by atomic mass is 35.5. The summed E-state index contributed by atoms with van der Waals surface area (Å²) in [5, 5.41) is 1.20. The van der Waals surface area contributed by atoms with Crippen LogP contribution in [0.1, 0.15) is 53.2 Å². The summed E-state index contributed by atoms with van der Waals surface area (Å²) in [5.74, 6) is 1.14. The summed E-state index contributed by atoms with van der Waals surface area (Å²) < 4.78 is 7.71. The molecule has 1 unspecified atom stereocenters. The number of rotatable bonds is 3. The van der Waals surface area contributed by atoms with Crippen molar-refractivity contribution in [1.82, 2.24) is 14.5 Å². The maximum absolute atomic E-state index is 14.0. The van der Waals surface area contributed by atoms with Crippen molar-refractivity contribution in [1.29, 1.82) is 0 Å². The zero-order valence-electron chi connectivity index (χ0n) is 19.6. The predicted octanol–water partition coefficient (Wildman–Crippen LogP) is 6.88. The molecule has 1 atom stereocenters. The molecule has 2 aromatic carbocycles. The van der Waals surface area contributed by atoms with Gasteiger partial charge in [0.1, 0.15) is 17.6 Å². The first-order valence-electron chi connectivity index (χ1n) is 11.4. The number of ether oxygens (including phenoxy) is 1. The van der Waals surface area contributed by atoms with E-state index in [4.69, 9.17) is 32.9 Å². The SMILES string of the molecule is COc1cnccc1-c1nc2c(n1C(C)C)C1c3ccc(Cl)cc3-c3c(Cl)ccc(C)c3N1C2=O. The minimum Gasteiger partial charge on any atom is -0.494 e. The zero-order valence-corrected chi connectivity index (χ0v) is 21.1. The minimum absolute atomic E-state index is 0.0319. The van der Waals surface area contributed by atoms with Gasteiger partial charge in [-0.25, -0.2) is 4.98 Å². The van der Waals surface area contributed by atoms with E-state index in [2.05, 4.69) is 23.4 Å². The molecule has 8 heteroatoms. The number of amides is 1. The van der Waals surface area contributed by atoms with Crippen LogP contribution in [-0.2, 0) is 0 Å². The van der Waals surface area contributed by atoms with Gasteiger partial charge >= 0.3 is 0 Å². The third-order valence-corrected chi connectivity index (χ3v) is 7.35. The molecule has 0 spiro atoms. The van der Waals surface area contributed by atoms with E-state index in [0.29, 0.717) is 27.3 Å². The molecule has 6 nitrogen and oxygen atoms in total. The molecule has 0 N–H and O–H groups in total. The first-order chi connectivity index (χ1) is 16.8. The van der Waals surface area contributed by atoms with Gasteiger partial charge in [-0.2, -0.15) is 0 Å². The fourth-order valence-electron chi connectivity index (χ4n) is 5.40. The molecular weight excluding hydrogens is 483 g/mol. The summed E-state index contributed by atoms with van der Waals surface area (Å²) >= 11 is 13.2. The molecule has 176 valence electrons. The average Bonchev–Trinajstić information content (AvgIpc) is 3.36. The van der Waals surface area contributed by atoms with Crippen LogP contribution >= 0.6 is 23.2 Å². The van der Waals surface area contributed by atoms with Gasteiger partial charge in [-0.05, 0) is 61.7 Å². The van der Waals surface area contributed by atoms with Crippen LogP contribution in [0.25, 0.3) is 22.5 Å². The number of nitrogens with zero attached hydrogens (tertiary/aromatic N) is 4. The van der Waals surface area contributed by atoms with E-state index in [1.54, 1.807) is 19.5 Å². The Morgan fingerprint density at radius 1 is 1.09 bits per heavy atom. The number of halogens is 2. The van der Waals surface area contributed by atoms with Gasteiger partial charge in [-0.15, -0.1) is 0 Å². The van der Waals surface area contributed by atoms with Gasteiger partial charge < -0.3 is 9.30 Å². The number of fused-ring (bicyclic) bond motifs is 8. The van der Waals surface area contributed by atoms with Crippen LogP contribution in [0, 0.1) is 6.92 Å². The van der Waals surface area contributed by atoms with E-state index in [-0.39, 0.29) is 18.0 Å². The molecule has 4 heterocycles. The van der Waals surface area contributed by atoms with Crippen LogP contribution < -0.4 is 9.64 Å². The van der Waals surface area contributed by atoms with Crippen molar-refractivity contribution in [2.45, 2.75) is 32.9 Å². The molecule has 2 aliphatic rings. The summed E-state index contributed by atoms with van der Waals surface area (Å²) in [5.41, 5.74) is 6.57. The molecule has 0 aliphatic carbocycles. The Morgan fingerprint density at radius 3 is 2.63 bits per heavy atom. The van der Waals surface area contributed by atoms with Crippen molar-refractivity contribution < 1.29 is 9.53 Å². The van der Waals surface area contributed by atoms with Crippen molar-refractivity contribution in [3.8, 4) is 28.3 Å². The van der Waals surface area contributed by atoms with E-state index in [1.165, 1.54) is 0 Å². The first-order valence-corrected chi connectivity index (χ1v) is 12.1. The van der Waals surface area contributed by atoms with Gasteiger partial charge in [0.2, 0.25) is 0 Å². The van der Waals surface area contributed by atoms with Crippen molar-refractivity contribution in [3.05, 3.63) is 81.4 Å². The molecule has 4 aromatic rings. The Kier molecular flexibility index (Phi) is 4.95. The van der Waals surface area contributed by atoms with Gasteiger partial charge in [0.15, 0.2) is 5.69 Å². The van der Waals surface area contributed by atoms with E-state index in [1.807, 2.05) is 48.2 Å². The third-order valence-electron chi connectivity index (χ3n) is 6.80. The summed E-state index contributed by atoms with van der Waals surface area (Å²) in [6, 6.07) is 11.1. The standard InChI is InChI=1S/C27H22Cl2N4O2/c1-13(2)32-25-22(31-26(32)17-9-10-30-12-20(17)35-4)27(34)33-23-14(3)5-8-19(29)21(23)18-11-15(28)6-7-16(18)24(25)33/h5-13,24H,1-4H3. The molecule has 35 heavy (non-hydrogen) atoms. The molecule has 0 fully saturated rings. The van der Waals surface area contributed by atoms with Crippen molar-refractivity contribution in [2.24, 2.45) is 0 Å². The normalized spacial score (nSPS) is 15.7. The highest BCUT2D eigenvalue weighted by Crippen LogP contribution is 2.56. The summed E-state index contributed by atoms with van der Waals surface area (Å²) in [4.78, 5) is 25.0. The topological polar surface area (TPSA) is 60.3 Å². The lowest BCUT2D eigenvalue weighted by Gasteiger charge is -2.37. The maximum Gasteiger partial charge on any atom is 0.279 e. The first kappa shape index (κ1) is 22.1. The number of benzene rings is 2. The van der Waals surface area contributed by atoms with Crippen LogP contribution in [0.4, 0.5) is 5.69 Å². The number of aryl methyl sites for hydroxylation is 1. The maximum atomic E-state index is 14.0. The monoisotopic (exact) mass is 504 g/mol. The van der Waals surface area contributed by atoms with Crippen LogP contribution in [0.15, 0.2) is 48.8 Å². The van der Waals surface area contributed by atoms with Crippen LogP contribution in [-0.4, -0.2) is 27.6 Å². The zero-order chi connectivity index (χ0) is 24.6. The fourth-order valence-corrected chi connectivity index (χ4v) is 5.82. The molecule has 2 aromatic heterocycles. The number of hydrogen-bond acceptors (Lipinski definition) is 4. The Hall–Kier alpha value is -3.35. The second kappa shape index (κ2) is 7.83. The van der Waals surface area contributed by atoms with Gasteiger partial charge in [-0.3, -0.25) is 14.7 Å². The number of pyridine rings is 1. The van der Waals surface area contributed by atoms with Gasteiger partial charge in [0, 0.05) is 22.8 Å². The minimum atomic E-state index is -0.356. The van der Waals surface area contributed by atoms with Gasteiger partial charge in [-0.1, -0.05) is 35.3 Å². The highest BCUT2D eigenvalue weighted by molar-refractivity contribution is 6.35. The summed E-state index contributed by atoms with van der Waals surface area (Å²) in [6.45, 7) is 6.18. The number of imidazole rings is 1. The number of aromatic nitrogens is 3. The number of hydrogen-bond donors (Lipinski definition) is 0. The molecule has 0 saturated heterocycles. The van der Waals surface area contributed by atoms with Crippen LogP contribution in [0.2, 0.25) is 10.0 Å². The smallest absolute Gasteiger partial charge is 0.279 e. The molecule has 2 aliphatic heterocycles. The molecular formula is C27H22Cl2N4O2. The lowest BCUT2D eigenvalue weighted by Crippen LogP contribution is -2.34. The Balaban J connectivity index is 1.69. The molecule has 0 radical (unpaired) electrons. The Bertz CT molecular complexity index is 1540. The van der Waals surface area contributed by atoms with Gasteiger partial charge in [0.05, 0.1) is 35.3 Å². The largest absolute Gasteiger partial charge is 0.494 e. The number of methoxy groups -OCH3 is 1. The lowest BCUT2D eigenvalue weighted by atomic mass is 9.86. The summed E-state index contributed by atoms with van der Waals surface area (Å²) in [7, 11) is 1.61. The lowest BCUT2D eigenvalue weighted by molar-refractivity contribution is 0.0989. The molecule has 6 rings (SSSR count). The predicted molar refractivity (Wildman–Crippen MR) is 138 cm³/mol. The van der Waals surface area contributed by atoms with Crippen molar-refractivity contribution >= 4 is 34.8 Å². The van der Waals surface area contributed by atoms with E-state index >= 15 is 0 Å². The number of anilines is 1. The molecule has 0 bridgehead atoms. The Morgan fingerprint density at radius 2 is 1.89 bits per heavy atom. The molecule has 1 amide bonds. The fraction of sp³-hybridized carbons (Fsp3) is 0.222. The number of carbonyl (C=O) groups excluding carboxylic acids is 1. The van der Waals surface area contributed by atoms with E-state index in [0.717, 1.165) is 39.2 Å². The van der Waals surface area contributed by atoms with Crippen molar-refractivity contribution in [3.63, 3.8) is 0 Å². The van der Waals surface area contributed by atoms with Gasteiger partial charge in [0.25, 0.3) is 5.91 Å². The second-order valence-corrected chi connectivity index (χ2v) is 9.95. The van der Waals surface area contributed by atoms with Crippen LogP contribution in [0.3, 0.4) is 0 Å². The highest BCUT2D eigenvalue weighted by Gasteiger charge is 2.49. The quantitative estimate of drug-likeness (QED) is 0.305.